The summed E-state index contributed by atoms with van der Waals surface area (Å²) in [5.74, 6) is -2.16. The van der Waals surface area contributed by atoms with E-state index in [1.165, 1.54) is 23.6 Å². The molecule has 0 bridgehead atoms. The molecule has 1 aromatic carbocycles. The number of amides is 2. The molecule has 1 saturated heterocycles. The topological polar surface area (TPSA) is 125 Å². The van der Waals surface area contributed by atoms with E-state index in [1.807, 2.05) is 6.07 Å². The molecule has 0 unspecified atom stereocenters. The third-order valence-corrected chi connectivity index (χ3v) is 6.15. The summed E-state index contributed by atoms with van der Waals surface area (Å²) in [6.45, 7) is 3.06. The fourth-order valence-corrected chi connectivity index (χ4v) is 4.81. The molecule has 2 amide bonds. The average molecular weight is 470 g/mol. The number of hydrogen-bond donors (Lipinski definition) is 1. The zero-order valence-electron chi connectivity index (χ0n) is 18.2. The van der Waals surface area contributed by atoms with E-state index in [2.05, 4.69) is 5.32 Å². The van der Waals surface area contributed by atoms with Gasteiger partial charge in [0.1, 0.15) is 11.9 Å². The average Bonchev–Trinajstić information content (AvgIpc) is 3.04. The minimum atomic E-state index is -1.42. The molecule has 0 radical (unpaired) electrons. The summed E-state index contributed by atoms with van der Waals surface area (Å²) in [7, 11) is 0. The molecule has 11 heteroatoms. The predicted octanol–water partition coefficient (Wildman–Crippen LogP) is -2.94. The summed E-state index contributed by atoms with van der Waals surface area (Å²) in [5, 5.41) is 14.3. The Kier molecular flexibility index (Phi) is 9.63. The van der Waals surface area contributed by atoms with E-state index in [-0.39, 0.29) is 59.7 Å². The molecule has 166 valence electrons. The second kappa shape index (κ2) is 11.7. The van der Waals surface area contributed by atoms with Crippen LogP contribution < -0.4 is 44.7 Å². The Balaban J connectivity index is 0.00000363. The molecule has 0 aliphatic carbocycles. The van der Waals surface area contributed by atoms with Crippen molar-refractivity contribution in [2.24, 2.45) is 5.92 Å². The molecule has 3 atom stereocenters. The fourth-order valence-electron chi connectivity index (χ4n) is 3.75. The number of fused-ring (bicyclic) bond motifs is 1. The molecule has 1 aromatic rings. The van der Waals surface area contributed by atoms with Gasteiger partial charge >= 0.3 is 35.5 Å². The molecular formula is C21H23N2NaO7S. The molecule has 2 aliphatic rings. The van der Waals surface area contributed by atoms with E-state index in [1.54, 1.807) is 31.2 Å². The van der Waals surface area contributed by atoms with Crippen LogP contribution in [0.1, 0.15) is 20.3 Å². The first kappa shape index (κ1) is 26.2. The number of hydrogen-bond acceptors (Lipinski definition) is 8. The maximum absolute atomic E-state index is 12.5. The molecule has 3 rings (SSSR count). The van der Waals surface area contributed by atoms with Gasteiger partial charge in [0, 0.05) is 30.5 Å². The van der Waals surface area contributed by atoms with Crippen LogP contribution in [0.2, 0.25) is 0 Å². The molecule has 2 heterocycles. The van der Waals surface area contributed by atoms with Gasteiger partial charge in [0.05, 0.1) is 23.6 Å². The minimum absolute atomic E-state index is 0. The van der Waals surface area contributed by atoms with Crippen molar-refractivity contribution >= 4 is 35.5 Å². The van der Waals surface area contributed by atoms with Gasteiger partial charge in [0.25, 0.3) is 5.91 Å². The molecular weight excluding hydrogens is 447 g/mol. The minimum Gasteiger partial charge on any atom is -0.543 e. The third kappa shape index (κ3) is 6.06. The Labute approximate surface area is 212 Å². The van der Waals surface area contributed by atoms with Crippen LogP contribution in [0.15, 0.2) is 40.9 Å². The Morgan fingerprint density at radius 3 is 2.59 bits per heavy atom. The van der Waals surface area contributed by atoms with Gasteiger partial charge in [0.15, 0.2) is 6.61 Å². The van der Waals surface area contributed by atoms with Crippen LogP contribution in [0, 0.1) is 5.92 Å². The van der Waals surface area contributed by atoms with Gasteiger partial charge in [0.2, 0.25) is 5.91 Å². The molecule has 1 fully saturated rings. The summed E-state index contributed by atoms with van der Waals surface area (Å²) in [4.78, 5) is 48.9. The van der Waals surface area contributed by atoms with E-state index in [4.69, 9.17) is 9.47 Å². The zero-order valence-corrected chi connectivity index (χ0v) is 21.0. The fraction of sp³-hybridized carbons (Fsp3) is 0.429. The number of rotatable bonds is 10. The number of carboxylic acid groups (broad SMARTS) is 1. The van der Waals surface area contributed by atoms with Crippen LogP contribution >= 0.6 is 11.8 Å². The Bertz CT molecular complexity index is 909. The Morgan fingerprint density at radius 2 is 1.97 bits per heavy atom. The number of carbonyl (C=O) groups excluding carboxylic acids is 4. The molecule has 0 spiro atoms. The molecule has 9 nitrogen and oxygen atoms in total. The predicted molar refractivity (Wildman–Crippen MR) is 109 cm³/mol. The molecule has 2 aliphatic heterocycles. The number of para-hydroxylation sites is 1. The smallest absolute Gasteiger partial charge is 0.543 e. The van der Waals surface area contributed by atoms with Crippen molar-refractivity contribution in [2.45, 2.75) is 32.4 Å². The van der Waals surface area contributed by atoms with Gasteiger partial charge in [-0.05, 0) is 19.1 Å². The van der Waals surface area contributed by atoms with Crippen molar-refractivity contribution < 1.29 is 63.3 Å². The third-order valence-electron chi connectivity index (χ3n) is 5.03. The van der Waals surface area contributed by atoms with E-state index in [9.17, 15) is 24.3 Å². The van der Waals surface area contributed by atoms with Gasteiger partial charge in [-0.2, -0.15) is 0 Å². The van der Waals surface area contributed by atoms with Crippen LogP contribution in [0.4, 0.5) is 0 Å². The number of nitrogens with one attached hydrogen (secondary N) is 1. The second-order valence-electron chi connectivity index (χ2n) is 7.18. The van der Waals surface area contributed by atoms with E-state index in [0.717, 1.165) is 0 Å². The number of carbonyl (C=O) groups is 4. The van der Waals surface area contributed by atoms with Crippen LogP contribution in [0.3, 0.4) is 0 Å². The number of nitrogens with zero attached hydrogens (tertiary/aromatic N) is 1. The summed E-state index contributed by atoms with van der Waals surface area (Å²) >= 11 is 1.26. The molecule has 1 N–H and O–H groups in total. The van der Waals surface area contributed by atoms with Crippen molar-refractivity contribution in [3.8, 4) is 5.75 Å². The molecule has 32 heavy (non-hydrogen) atoms. The zero-order chi connectivity index (χ0) is 22.5. The van der Waals surface area contributed by atoms with Crippen molar-refractivity contribution in [3.05, 3.63) is 40.9 Å². The van der Waals surface area contributed by atoms with Crippen LogP contribution in [-0.4, -0.2) is 59.7 Å². The first-order chi connectivity index (χ1) is 14.8. The van der Waals surface area contributed by atoms with Crippen molar-refractivity contribution in [2.75, 3.05) is 18.9 Å². The number of carboxylic acids is 1. The number of benzene rings is 1. The van der Waals surface area contributed by atoms with E-state index < -0.39 is 24.0 Å². The van der Waals surface area contributed by atoms with E-state index in [0.29, 0.717) is 29.4 Å². The number of ether oxygens (including phenoxy) is 2. The van der Waals surface area contributed by atoms with Gasteiger partial charge in [-0.3, -0.25) is 14.4 Å². The maximum atomic E-state index is 12.5. The molecule has 0 saturated carbocycles. The monoisotopic (exact) mass is 470 g/mol. The van der Waals surface area contributed by atoms with Crippen molar-refractivity contribution in [1.29, 1.82) is 0 Å². The largest absolute Gasteiger partial charge is 1.00 e. The number of thioether (sulfide) groups is 1. The summed E-state index contributed by atoms with van der Waals surface area (Å²) in [5.41, 5.74) is -0.134. The van der Waals surface area contributed by atoms with Crippen molar-refractivity contribution in [3.63, 3.8) is 0 Å². The number of aliphatic carboxylic acids is 1. The standard InChI is InChI=1S/C21H24N2O7S.Na/c1-12(30-13(2)24)18-15-10-16(19(21(27)28)23(15)20(18)26)31-9-8-22-17(25)11-29-14-6-4-3-5-7-14;/h3-7,12,15,18H,8-11H2,1-2H3,(H,22,25)(H,27,28);/q;+1/p-1/t12-,15+,18+;/m0./s1. The normalized spacial score (nSPS) is 19.9. The van der Waals surface area contributed by atoms with E-state index >= 15 is 0 Å². The number of β-lactam (4-membered cyclic amide) rings is 1. The van der Waals surface area contributed by atoms with Gasteiger partial charge in [-0.25, -0.2) is 0 Å². The van der Waals surface area contributed by atoms with Crippen molar-refractivity contribution in [1.82, 2.24) is 10.2 Å². The maximum Gasteiger partial charge on any atom is 1.00 e. The van der Waals surface area contributed by atoms with Gasteiger partial charge < -0.3 is 29.6 Å². The summed E-state index contributed by atoms with van der Waals surface area (Å²) in [6.07, 6.45) is -0.288. The SMILES string of the molecule is CC(=O)O[C@@H](C)[C@H]1C(=O)N2C(C(=O)[O-])=C(SCCNC(=O)COc3ccccc3)C[C@H]12.[Na+]. The van der Waals surface area contributed by atoms with Gasteiger partial charge in [-0.1, -0.05) is 18.2 Å². The summed E-state index contributed by atoms with van der Waals surface area (Å²) in [6, 6.07) is 8.58. The second-order valence-corrected chi connectivity index (χ2v) is 8.37. The van der Waals surface area contributed by atoms with Crippen LogP contribution in [-0.2, 0) is 23.9 Å². The Hall–Kier alpha value is -2.01. The van der Waals surface area contributed by atoms with Crippen LogP contribution in [0.25, 0.3) is 0 Å². The van der Waals surface area contributed by atoms with Gasteiger partial charge in [-0.15, -0.1) is 11.8 Å². The quantitative estimate of drug-likeness (QED) is 0.167. The number of esters is 1. The molecule has 0 aromatic heterocycles. The van der Waals surface area contributed by atoms with Crippen LogP contribution in [0.5, 0.6) is 5.75 Å². The first-order valence-electron chi connectivity index (χ1n) is 9.81. The first-order valence-corrected chi connectivity index (χ1v) is 10.8. The summed E-state index contributed by atoms with van der Waals surface area (Å²) < 4.78 is 10.5. The Morgan fingerprint density at radius 1 is 1.28 bits per heavy atom.